The number of aromatic nitrogens is 2. The molecule has 32 heavy (non-hydrogen) atoms. The first-order valence-corrected chi connectivity index (χ1v) is 12.4. The summed E-state index contributed by atoms with van der Waals surface area (Å²) < 4.78 is 5.64. The number of benzene rings is 1. The molecule has 166 valence electrons. The maximum atomic E-state index is 13.2. The summed E-state index contributed by atoms with van der Waals surface area (Å²) in [5.41, 5.74) is 3.24. The first kappa shape index (κ1) is 20.3. The zero-order valence-electron chi connectivity index (χ0n) is 18.5. The summed E-state index contributed by atoms with van der Waals surface area (Å²) in [5.74, 6) is 1.87. The predicted octanol–water partition coefficient (Wildman–Crippen LogP) is 3.86. The van der Waals surface area contributed by atoms with Crippen molar-refractivity contribution in [2.45, 2.75) is 56.1 Å². The molecule has 1 N–H and O–H groups in total. The molecule has 0 radical (unpaired) electrons. The van der Waals surface area contributed by atoms with Crippen LogP contribution in [0.4, 0.5) is 0 Å². The van der Waals surface area contributed by atoms with Gasteiger partial charge >= 0.3 is 0 Å². The van der Waals surface area contributed by atoms with E-state index in [1.807, 2.05) is 31.0 Å². The largest absolute Gasteiger partial charge is 0.378 e. The summed E-state index contributed by atoms with van der Waals surface area (Å²) in [5, 5.41) is 6.89. The average Bonchev–Trinajstić information content (AvgIpc) is 3.46. The van der Waals surface area contributed by atoms with Crippen molar-refractivity contribution >= 4 is 27.5 Å². The fraction of sp³-hybridized carbons (Fsp3) is 0.480. The third-order valence-corrected chi connectivity index (χ3v) is 8.09. The second kappa shape index (κ2) is 7.90. The molecule has 3 fully saturated rings. The molecule has 1 aliphatic carbocycles. The lowest BCUT2D eigenvalue weighted by molar-refractivity contribution is -0.000566. The van der Waals surface area contributed by atoms with Gasteiger partial charge in [0.1, 0.15) is 10.7 Å². The molecule has 2 aliphatic heterocycles. The number of fused-ring (bicyclic) bond motifs is 3. The number of amides is 1. The molecule has 1 aromatic carbocycles. The normalized spacial score (nSPS) is 29.1. The SMILES string of the molecule is Cc1nc(C2CC2c2ccc(C(=O)N(C)C3CC4COCC(C3)N4)cc2)c2ccsc2n1. The number of nitrogens with one attached hydrogen (secondary N) is 1. The Morgan fingerprint density at radius 2 is 1.81 bits per heavy atom. The van der Waals surface area contributed by atoms with E-state index in [0.29, 0.717) is 23.9 Å². The average molecular weight is 449 g/mol. The van der Waals surface area contributed by atoms with Crippen molar-refractivity contribution in [2.24, 2.45) is 0 Å². The van der Waals surface area contributed by atoms with Crippen molar-refractivity contribution in [2.75, 3.05) is 20.3 Å². The first-order chi connectivity index (χ1) is 15.6. The molecule has 1 saturated carbocycles. The third-order valence-electron chi connectivity index (χ3n) is 7.28. The molecule has 4 heterocycles. The minimum absolute atomic E-state index is 0.112. The number of nitrogens with zero attached hydrogens (tertiary/aromatic N) is 3. The lowest BCUT2D eigenvalue weighted by Gasteiger charge is -2.43. The second-order valence-corrected chi connectivity index (χ2v) is 10.4. The molecule has 6 nitrogen and oxygen atoms in total. The number of rotatable bonds is 4. The van der Waals surface area contributed by atoms with E-state index in [1.165, 1.54) is 16.6 Å². The van der Waals surface area contributed by atoms with Gasteiger partial charge in [-0.25, -0.2) is 9.97 Å². The molecule has 2 saturated heterocycles. The Hall–Kier alpha value is -2.35. The van der Waals surface area contributed by atoms with E-state index >= 15 is 0 Å². The maximum absolute atomic E-state index is 13.2. The maximum Gasteiger partial charge on any atom is 0.253 e. The van der Waals surface area contributed by atoms with Crippen LogP contribution in [0.15, 0.2) is 35.7 Å². The van der Waals surface area contributed by atoms with E-state index in [9.17, 15) is 4.79 Å². The molecule has 1 amide bonds. The van der Waals surface area contributed by atoms with E-state index in [1.54, 1.807) is 11.3 Å². The highest BCUT2D eigenvalue weighted by Gasteiger charge is 2.42. The van der Waals surface area contributed by atoms with E-state index in [2.05, 4.69) is 33.9 Å². The third kappa shape index (κ3) is 3.62. The van der Waals surface area contributed by atoms with Crippen molar-refractivity contribution in [1.82, 2.24) is 20.2 Å². The Balaban J connectivity index is 1.15. The van der Waals surface area contributed by atoms with E-state index in [-0.39, 0.29) is 11.9 Å². The molecule has 0 spiro atoms. The van der Waals surface area contributed by atoms with Crippen LogP contribution in [-0.4, -0.2) is 59.2 Å². The molecule has 2 aromatic heterocycles. The van der Waals surface area contributed by atoms with Gasteiger partial charge in [0, 0.05) is 42.0 Å². The Bertz CT molecular complexity index is 1150. The Morgan fingerprint density at radius 1 is 1.06 bits per heavy atom. The van der Waals surface area contributed by atoms with Crippen molar-refractivity contribution in [3.05, 3.63) is 58.4 Å². The monoisotopic (exact) mass is 448 g/mol. The van der Waals surface area contributed by atoms with Gasteiger partial charge in [0.2, 0.25) is 0 Å². The highest BCUT2D eigenvalue weighted by Crippen LogP contribution is 2.55. The number of hydrogen-bond acceptors (Lipinski definition) is 6. The summed E-state index contributed by atoms with van der Waals surface area (Å²) in [4.78, 5) is 25.5. The zero-order valence-corrected chi connectivity index (χ0v) is 19.3. The lowest BCUT2D eigenvalue weighted by Crippen LogP contribution is -2.58. The van der Waals surface area contributed by atoms with Gasteiger partial charge in [0.25, 0.3) is 5.91 Å². The minimum Gasteiger partial charge on any atom is -0.378 e. The smallest absolute Gasteiger partial charge is 0.253 e. The van der Waals surface area contributed by atoms with Gasteiger partial charge in [0.15, 0.2) is 0 Å². The Morgan fingerprint density at radius 3 is 2.56 bits per heavy atom. The van der Waals surface area contributed by atoms with Crippen molar-refractivity contribution < 1.29 is 9.53 Å². The quantitative estimate of drug-likeness (QED) is 0.656. The van der Waals surface area contributed by atoms with Crippen LogP contribution in [-0.2, 0) is 4.74 Å². The van der Waals surface area contributed by atoms with Crippen LogP contribution >= 0.6 is 11.3 Å². The molecule has 6 rings (SSSR count). The molecule has 7 heteroatoms. The van der Waals surface area contributed by atoms with Gasteiger partial charge in [-0.1, -0.05) is 12.1 Å². The second-order valence-electron chi connectivity index (χ2n) is 9.51. The van der Waals surface area contributed by atoms with Gasteiger partial charge in [-0.3, -0.25) is 4.79 Å². The van der Waals surface area contributed by atoms with Crippen LogP contribution < -0.4 is 5.32 Å². The van der Waals surface area contributed by atoms with Crippen LogP contribution in [0.1, 0.15) is 58.5 Å². The standard InChI is InChI=1S/C25H28N4O2S/c1-14-26-23(20-7-8-32-24(20)27-14)22-11-21(22)15-3-5-16(6-4-15)25(30)29(2)19-9-17-12-31-13-18(10-19)28-17/h3-8,17-19,21-22,28H,9-13H2,1-2H3. The molecule has 4 atom stereocenters. The highest BCUT2D eigenvalue weighted by molar-refractivity contribution is 7.16. The Kier molecular flexibility index (Phi) is 5.01. The molecular weight excluding hydrogens is 420 g/mol. The summed E-state index contributed by atoms with van der Waals surface area (Å²) >= 11 is 1.68. The van der Waals surface area contributed by atoms with Crippen LogP contribution in [0.2, 0.25) is 0 Å². The van der Waals surface area contributed by atoms with Crippen LogP contribution in [0.3, 0.4) is 0 Å². The van der Waals surface area contributed by atoms with Gasteiger partial charge in [0.05, 0.1) is 18.9 Å². The minimum atomic E-state index is 0.112. The number of piperidine rings is 1. The van der Waals surface area contributed by atoms with Gasteiger partial charge in [-0.05, 0) is 61.2 Å². The Labute approximate surface area is 192 Å². The van der Waals surface area contributed by atoms with E-state index in [4.69, 9.17) is 9.72 Å². The number of carbonyl (C=O) groups is 1. The topological polar surface area (TPSA) is 67.4 Å². The molecule has 4 unspecified atom stereocenters. The van der Waals surface area contributed by atoms with E-state index in [0.717, 1.165) is 48.7 Å². The van der Waals surface area contributed by atoms with E-state index < -0.39 is 0 Å². The number of thiophene rings is 1. The highest BCUT2D eigenvalue weighted by atomic mass is 32.1. The van der Waals surface area contributed by atoms with Crippen LogP contribution in [0.25, 0.3) is 10.2 Å². The zero-order chi connectivity index (χ0) is 21.8. The summed E-state index contributed by atoms with van der Waals surface area (Å²) in [7, 11) is 1.95. The number of carbonyl (C=O) groups excluding carboxylic acids is 1. The fourth-order valence-electron chi connectivity index (χ4n) is 5.50. The summed E-state index contributed by atoms with van der Waals surface area (Å²) in [6.45, 7) is 3.46. The number of aryl methyl sites for hydroxylation is 1. The van der Waals surface area contributed by atoms with Crippen molar-refractivity contribution in [1.29, 1.82) is 0 Å². The van der Waals surface area contributed by atoms with Crippen LogP contribution in [0.5, 0.6) is 0 Å². The summed E-state index contributed by atoms with van der Waals surface area (Å²) in [6.07, 6.45) is 3.01. The number of ether oxygens (including phenoxy) is 1. The van der Waals surface area contributed by atoms with Gasteiger partial charge in [-0.2, -0.15) is 0 Å². The molecular formula is C25H28N4O2S. The first-order valence-electron chi connectivity index (χ1n) is 11.5. The van der Waals surface area contributed by atoms with Crippen molar-refractivity contribution in [3.63, 3.8) is 0 Å². The number of hydrogen-bond donors (Lipinski definition) is 1. The number of morpholine rings is 1. The molecule has 2 bridgehead atoms. The van der Waals surface area contributed by atoms with Crippen LogP contribution in [0, 0.1) is 6.92 Å². The molecule has 3 aliphatic rings. The summed E-state index contributed by atoms with van der Waals surface area (Å²) in [6, 6.07) is 11.4. The van der Waals surface area contributed by atoms with Crippen molar-refractivity contribution in [3.8, 4) is 0 Å². The van der Waals surface area contributed by atoms with Gasteiger partial charge in [-0.15, -0.1) is 11.3 Å². The fourth-order valence-corrected chi connectivity index (χ4v) is 6.32. The van der Waals surface area contributed by atoms with Gasteiger partial charge < -0.3 is 15.0 Å². The lowest BCUT2D eigenvalue weighted by atomic mass is 9.91. The predicted molar refractivity (Wildman–Crippen MR) is 125 cm³/mol. The molecule has 3 aromatic rings.